The number of carbonyl (C=O) groups excluding carboxylic acids is 1. The van der Waals surface area contributed by atoms with E-state index in [1.807, 2.05) is 13.8 Å². The number of hydrogen-bond acceptors (Lipinski definition) is 3. The highest BCUT2D eigenvalue weighted by Crippen LogP contribution is 2.31. The topological polar surface area (TPSA) is 66.5 Å². The first kappa shape index (κ1) is 18.1. The van der Waals surface area contributed by atoms with E-state index in [0.717, 1.165) is 16.4 Å². The molecule has 1 fully saturated rings. The molecule has 9 heteroatoms. The molecule has 0 bridgehead atoms. The van der Waals surface area contributed by atoms with E-state index >= 15 is 0 Å². The Morgan fingerprint density at radius 2 is 2.04 bits per heavy atom. The quantitative estimate of drug-likeness (QED) is 0.830. The highest BCUT2D eigenvalue weighted by atomic mass is 35.5. The van der Waals surface area contributed by atoms with Crippen LogP contribution in [0.2, 0.25) is 5.02 Å². The lowest BCUT2D eigenvalue weighted by atomic mass is 10.0. The summed E-state index contributed by atoms with van der Waals surface area (Å²) in [5, 5.41) is 2.17. The Morgan fingerprint density at radius 3 is 2.65 bits per heavy atom. The van der Waals surface area contributed by atoms with Crippen LogP contribution in [0, 0.1) is 17.6 Å². The first-order chi connectivity index (χ1) is 10.7. The standard InChI is InChI=1S/C14H17ClF2N2O3S/c1-8(2)7-11-14(20)18-5-6-19(11)23(21,22)13-9(15)3-4-10(16)12(13)17/h3-4,8,11H,5-7H2,1-2H3,(H,18,20). The summed E-state index contributed by atoms with van der Waals surface area (Å²) < 4.78 is 53.9. The monoisotopic (exact) mass is 366 g/mol. The van der Waals surface area contributed by atoms with Gasteiger partial charge in [0, 0.05) is 13.1 Å². The summed E-state index contributed by atoms with van der Waals surface area (Å²) in [6, 6.07) is 0.756. The molecular weight excluding hydrogens is 350 g/mol. The molecule has 1 heterocycles. The Morgan fingerprint density at radius 1 is 1.39 bits per heavy atom. The maximum atomic E-state index is 14.0. The number of sulfonamides is 1. The molecule has 0 radical (unpaired) electrons. The minimum Gasteiger partial charge on any atom is -0.353 e. The first-order valence-electron chi connectivity index (χ1n) is 7.09. The Balaban J connectivity index is 2.53. The van der Waals surface area contributed by atoms with Crippen molar-refractivity contribution in [2.45, 2.75) is 31.2 Å². The van der Waals surface area contributed by atoms with Gasteiger partial charge in [0.1, 0.15) is 10.9 Å². The number of nitrogens with zero attached hydrogens (tertiary/aromatic N) is 1. The van der Waals surface area contributed by atoms with Crippen molar-refractivity contribution in [3.63, 3.8) is 0 Å². The van der Waals surface area contributed by atoms with E-state index in [-0.39, 0.29) is 25.4 Å². The minimum atomic E-state index is -4.45. The van der Waals surface area contributed by atoms with Gasteiger partial charge in [0.25, 0.3) is 0 Å². The molecule has 0 aliphatic carbocycles. The smallest absolute Gasteiger partial charge is 0.248 e. The van der Waals surface area contributed by atoms with Gasteiger partial charge in [-0.15, -0.1) is 0 Å². The predicted molar refractivity (Wildman–Crippen MR) is 81.5 cm³/mol. The number of amides is 1. The zero-order chi connectivity index (χ0) is 17.4. The first-order valence-corrected chi connectivity index (χ1v) is 8.91. The van der Waals surface area contributed by atoms with Crippen molar-refractivity contribution in [2.75, 3.05) is 13.1 Å². The van der Waals surface area contributed by atoms with Crippen LogP contribution in [-0.4, -0.2) is 37.8 Å². The fourth-order valence-electron chi connectivity index (χ4n) is 2.51. The Bertz CT molecular complexity index is 725. The molecule has 0 spiro atoms. The molecule has 1 saturated heterocycles. The van der Waals surface area contributed by atoms with Crippen molar-refractivity contribution in [1.29, 1.82) is 0 Å². The molecule has 1 aromatic carbocycles. The van der Waals surface area contributed by atoms with Gasteiger partial charge in [-0.25, -0.2) is 17.2 Å². The van der Waals surface area contributed by atoms with Gasteiger partial charge in [0.05, 0.1) is 5.02 Å². The third-order valence-corrected chi connectivity index (χ3v) is 5.94. The third kappa shape index (κ3) is 3.49. The number of carbonyl (C=O) groups is 1. The van der Waals surface area contributed by atoms with Crippen LogP contribution in [0.5, 0.6) is 0 Å². The maximum absolute atomic E-state index is 14.0. The second-order valence-electron chi connectivity index (χ2n) is 5.72. The fourth-order valence-corrected chi connectivity index (χ4v) is 4.67. The Labute approximate surface area is 138 Å². The Hall–Kier alpha value is -1.25. The lowest BCUT2D eigenvalue weighted by molar-refractivity contribution is -0.127. The molecular formula is C14H17ClF2N2O3S. The zero-order valence-corrected chi connectivity index (χ0v) is 14.2. The molecule has 1 atom stereocenters. The van der Waals surface area contributed by atoms with E-state index in [0.29, 0.717) is 0 Å². The number of benzene rings is 1. The number of piperazine rings is 1. The fraction of sp³-hybridized carbons (Fsp3) is 0.500. The largest absolute Gasteiger partial charge is 0.353 e. The summed E-state index contributed by atoms with van der Waals surface area (Å²) in [6.07, 6.45) is 0.264. The van der Waals surface area contributed by atoms with Gasteiger partial charge < -0.3 is 5.32 Å². The molecule has 1 amide bonds. The van der Waals surface area contributed by atoms with Crippen molar-refractivity contribution >= 4 is 27.5 Å². The van der Waals surface area contributed by atoms with Gasteiger partial charge in [0.2, 0.25) is 15.9 Å². The van der Waals surface area contributed by atoms with Crippen LogP contribution < -0.4 is 5.32 Å². The van der Waals surface area contributed by atoms with E-state index in [1.54, 1.807) is 0 Å². The summed E-state index contributed by atoms with van der Waals surface area (Å²) in [6.45, 7) is 3.74. The molecule has 23 heavy (non-hydrogen) atoms. The predicted octanol–water partition coefficient (Wildman–Crippen LogP) is 2.15. The molecule has 2 rings (SSSR count). The van der Waals surface area contributed by atoms with E-state index in [4.69, 9.17) is 11.6 Å². The van der Waals surface area contributed by atoms with E-state index < -0.39 is 43.5 Å². The average molecular weight is 367 g/mol. The van der Waals surface area contributed by atoms with E-state index in [2.05, 4.69) is 5.32 Å². The second-order valence-corrected chi connectivity index (χ2v) is 7.96. The van der Waals surface area contributed by atoms with Crippen LogP contribution in [0.1, 0.15) is 20.3 Å². The summed E-state index contributed by atoms with van der Waals surface area (Å²) >= 11 is 5.78. The molecule has 128 valence electrons. The molecule has 1 aliphatic rings. The molecule has 0 saturated carbocycles. The van der Waals surface area contributed by atoms with E-state index in [9.17, 15) is 22.0 Å². The molecule has 1 unspecified atom stereocenters. The van der Waals surface area contributed by atoms with Gasteiger partial charge in [0.15, 0.2) is 11.6 Å². The van der Waals surface area contributed by atoms with Crippen molar-refractivity contribution in [3.05, 3.63) is 28.8 Å². The normalized spacial score (nSPS) is 19.9. The molecule has 1 aromatic rings. The van der Waals surface area contributed by atoms with Crippen LogP contribution in [0.15, 0.2) is 17.0 Å². The third-order valence-electron chi connectivity index (χ3n) is 3.54. The molecule has 1 N–H and O–H groups in total. The minimum absolute atomic E-state index is 0.0300. The van der Waals surface area contributed by atoms with Gasteiger partial charge in [-0.3, -0.25) is 4.79 Å². The second kappa shape index (κ2) is 6.70. The Kier molecular flexibility index (Phi) is 5.27. The van der Waals surface area contributed by atoms with Crippen LogP contribution >= 0.6 is 11.6 Å². The SMILES string of the molecule is CC(C)CC1C(=O)NCCN1S(=O)(=O)c1c(Cl)ccc(F)c1F. The lowest BCUT2D eigenvalue weighted by Crippen LogP contribution is -2.57. The number of nitrogens with one attached hydrogen (secondary N) is 1. The lowest BCUT2D eigenvalue weighted by Gasteiger charge is -2.35. The molecule has 5 nitrogen and oxygen atoms in total. The van der Waals surface area contributed by atoms with E-state index in [1.165, 1.54) is 0 Å². The van der Waals surface area contributed by atoms with Crippen LogP contribution in [0.4, 0.5) is 8.78 Å². The molecule has 1 aliphatic heterocycles. The summed E-state index contributed by atoms with van der Waals surface area (Å²) in [5.41, 5.74) is 0. The van der Waals surface area contributed by atoms with Crippen molar-refractivity contribution in [3.8, 4) is 0 Å². The highest BCUT2D eigenvalue weighted by Gasteiger charge is 2.41. The van der Waals surface area contributed by atoms with Crippen LogP contribution in [0.25, 0.3) is 0 Å². The van der Waals surface area contributed by atoms with Gasteiger partial charge in [-0.1, -0.05) is 25.4 Å². The average Bonchev–Trinajstić information content (AvgIpc) is 2.44. The highest BCUT2D eigenvalue weighted by molar-refractivity contribution is 7.89. The van der Waals surface area contributed by atoms with Crippen molar-refractivity contribution in [2.24, 2.45) is 5.92 Å². The number of rotatable bonds is 4. The maximum Gasteiger partial charge on any atom is 0.248 e. The number of hydrogen-bond donors (Lipinski definition) is 1. The van der Waals surface area contributed by atoms with Gasteiger partial charge >= 0.3 is 0 Å². The number of halogens is 3. The van der Waals surface area contributed by atoms with Gasteiger partial charge in [-0.2, -0.15) is 4.31 Å². The van der Waals surface area contributed by atoms with Gasteiger partial charge in [-0.05, 0) is 24.5 Å². The molecule has 0 aromatic heterocycles. The van der Waals surface area contributed by atoms with Crippen LogP contribution in [0.3, 0.4) is 0 Å². The summed E-state index contributed by atoms with van der Waals surface area (Å²) in [7, 11) is -4.45. The van der Waals surface area contributed by atoms with Crippen molar-refractivity contribution in [1.82, 2.24) is 9.62 Å². The zero-order valence-electron chi connectivity index (χ0n) is 12.6. The summed E-state index contributed by atoms with van der Waals surface area (Å²) in [5.74, 6) is -3.27. The van der Waals surface area contributed by atoms with Crippen LogP contribution in [-0.2, 0) is 14.8 Å². The summed E-state index contributed by atoms with van der Waals surface area (Å²) in [4.78, 5) is 11.1. The van der Waals surface area contributed by atoms with Crippen molar-refractivity contribution < 1.29 is 22.0 Å².